The maximum atomic E-state index is 13.8. The van der Waals surface area contributed by atoms with Gasteiger partial charge >= 0.3 is 0 Å². The van der Waals surface area contributed by atoms with Crippen molar-refractivity contribution < 1.29 is 13.7 Å². The van der Waals surface area contributed by atoms with Crippen molar-refractivity contribution in [3.63, 3.8) is 0 Å². The van der Waals surface area contributed by atoms with Crippen LogP contribution in [0.25, 0.3) is 0 Å². The largest absolute Gasteiger partial charge is 0.360 e. The summed E-state index contributed by atoms with van der Waals surface area (Å²) in [6, 6.07) is 10.2. The summed E-state index contributed by atoms with van der Waals surface area (Å²) in [6.45, 7) is 2.98. The minimum Gasteiger partial charge on any atom is -0.360 e. The molecule has 25 heavy (non-hydrogen) atoms. The van der Waals surface area contributed by atoms with Crippen molar-refractivity contribution in [3.05, 3.63) is 52.9 Å². The normalized spacial score (nSPS) is 20.4. The summed E-state index contributed by atoms with van der Waals surface area (Å²) in [7, 11) is 0. The lowest BCUT2D eigenvalue weighted by Gasteiger charge is -2.23. The molecule has 1 N–H and O–H groups in total. The van der Waals surface area contributed by atoms with E-state index in [0.717, 1.165) is 5.69 Å². The third-order valence-electron chi connectivity index (χ3n) is 4.29. The van der Waals surface area contributed by atoms with E-state index in [-0.39, 0.29) is 11.9 Å². The Morgan fingerprint density at radius 3 is 2.88 bits per heavy atom. The number of nitrogens with zero attached hydrogens (tertiary/aromatic N) is 3. The van der Waals surface area contributed by atoms with Crippen molar-refractivity contribution in [2.75, 3.05) is 13.1 Å². The predicted octanol–water partition coefficient (Wildman–Crippen LogP) is 2.20. The number of carbonyl (C=O) groups excluding carboxylic acids is 1. The van der Waals surface area contributed by atoms with Gasteiger partial charge in [0.05, 0.1) is 23.9 Å². The third-order valence-corrected chi connectivity index (χ3v) is 4.29. The van der Waals surface area contributed by atoms with Crippen molar-refractivity contribution in [2.24, 2.45) is 0 Å². The highest BCUT2D eigenvalue weighted by molar-refractivity contribution is 5.94. The molecule has 0 bridgehead atoms. The molecule has 3 rings (SSSR count). The van der Waals surface area contributed by atoms with Gasteiger partial charge in [-0.05, 0) is 37.6 Å². The van der Waals surface area contributed by atoms with Gasteiger partial charge in [-0.15, -0.1) is 0 Å². The monoisotopic (exact) mass is 342 g/mol. The molecule has 1 aliphatic heterocycles. The second kappa shape index (κ2) is 7.45. The fourth-order valence-corrected chi connectivity index (χ4v) is 3.03. The summed E-state index contributed by atoms with van der Waals surface area (Å²) in [5.74, 6) is 0.456. The number of hydrogen-bond donors (Lipinski definition) is 1. The lowest BCUT2D eigenvalue weighted by molar-refractivity contribution is 0.0938. The molecule has 0 spiro atoms. The van der Waals surface area contributed by atoms with Crippen LogP contribution < -0.4 is 5.32 Å². The van der Waals surface area contributed by atoms with Crippen LogP contribution in [0.2, 0.25) is 0 Å². The molecular weight excluding hydrogens is 323 g/mol. The van der Waals surface area contributed by atoms with Gasteiger partial charge in [-0.25, -0.2) is 4.39 Å². The van der Waals surface area contributed by atoms with E-state index in [1.807, 2.05) is 24.0 Å². The number of hydrogen-bond acceptors (Lipinski definition) is 5. The molecule has 1 aromatic carbocycles. The van der Waals surface area contributed by atoms with Gasteiger partial charge in [0.2, 0.25) is 0 Å². The zero-order valence-electron chi connectivity index (χ0n) is 13.9. The summed E-state index contributed by atoms with van der Waals surface area (Å²) >= 11 is 0. The molecule has 2 atom stereocenters. The minimum absolute atomic E-state index is 0.0947. The maximum Gasteiger partial charge on any atom is 0.251 e. The number of aryl methyl sites for hydroxylation is 1. The van der Waals surface area contributed by atoms with Crippen LogP contribution in [0.4, 0.5) is 4.39 Å². The van der Waals surface area contributed by atoms with Crippen molar-refractivity contribution in [1.29, 1.82) is 5.26 Å². The van der Waals surface area contributed by atoms with Gasteiger partial charge in [0, 0.05) is 30.8 Å². The molecule has 0 radical (unpaired) electrons. The lowest BCUT2D eigenvalue weighted by atomic mass is 10.1. The second-order valence-electron chi connectivity index (χ2n) is 6.25. The van der Waals surface area contributed by atoms with Gasteiger partial charge < -0.3 is 9.84 Å². The number of carbonyl (C=O) groups is 1. The average molecular weight is 342 g/mol. The first-order valence-corrected chi connectivity index (χ1v) is 8.14. The van der Waals surface area contributed by atoms with Crippen LogP contribution >= 0.6 is 0 Å². The Morgan fingerprint density at radius 1 is 1.48 bits per heavy atom. The van der Waals surface area contributed by atoms with E-state index in [4.69, 9.17) is 9.78 Å². The molecule has 1 aromatic heterocycles. The molecule has 1 fully saturated rings. The van der Waals surface area contributed by atoms with Crippen LogP contribution in [0.15, 0.2) is 34.9 Å². The van der Waals surface area contributed by atoms with Gasteiger partial charge in [-0.1, -0.05) is 5.16 Å². The molecule has 1 aliphatic rings. The number of likely N-dealkylation sites (tertiary alicyclic amines) is 1. The third kappa shape index (κ3) is 4.22. The molecule has 0 aliphatic carbocycles. The molecular formula is C18H19FN4O2. The number of aromatic nitrogens is 1. The molecule has 1 saturated heterocycles. The number of nitriles is 1. The first-order valence-electron chi connectivity index (χ1n) is 8.14. The van der Waals surface area contributed by atoms with Crippen molar-refractivity contribution in [1.82, 2.24) is 15.4 Å². The highest BCUT2D eigenvalue weighted by atomic mass is 19.1. The van der Waals surface area contributed by atoms with E-state index in [2.05, 4.69) is 10.5 Å². The Balaban J connectivity index is 1.58. The fraction of sp³-hybridized carbons (Fsp3) is 0.389. The Labute approximate surface area is 145 Å². The summed E-state index contributed by atoms with van der Waals surface area (Å²) in [5, 5.41) is 15.5. The molecule has 2 heterocycles. The van der Waals surface area contributed by atoms with Gasteiger partial charge in [0.25, 0.3) is 5.91 Å². The number of halogens is 1. The highest BCUT2D eigenvalue weighted by Crippen LogP contribution is 2.22. The summed E-state index contributed by atoms with van der Waals surface area (Å²) < 4.78 is 19.0. The zero-order chi connectivity index (χ0) is 17.8. The topological polar surface area (TPSA) is 82.2 Å². The number of nitrogens with one attached hydrogen (secondary N) is 1. The molecule has 130 valence electrons. The smallest absolute Gasteiger partial charge is 0.251 e. The number of rotatable bonds is 5. The quantitative estimate of drug-likeness (QED) is 0.901. The average Bonchev–Trinajstić information content (AvgIpc) is 3.18. The van der Waals surface area contributed by atoms with Crippen LogP contribution in [-0.4, -0.2) is 41.3 Å². The molecule has 7 heteroatoms. The standard InChI is InChI=1S/C18H19FN4O2/c1-12-6-17(25-22-12)11-23-10-15(19)7-16(23)9-21-18(24)14-4-2-13(8-20)3-5-14/h2-6,15-16H,7,9-11H2,1H3,(H,21,24)/t15-,16-/m0/s1. The van der Waals surface area contributed by atoms with Crippen molar-refractivity contribution in [3.8, 4) is 6.07 Å². The Bertz CT molecular complexity index is 781. The molecule has 1 amide bonds. The van der Waals surface area contributed by atoms with E-state index >= 15 is 0 Å². The van der Waals surface area contributed by atoms with Gasteiger partial charge in [0.1, 0.15) is 6.17 Å². The summed E-state index contributed by atoms with van der Waals surface area (Å²) in [4.78, 5) is 14.2. The Hall–Kier alpha value is -2.72. The van der Waals surface area contributed by atoms with Gasteiger partial charge in [0.15, 0.2) is 5.76 Å². The second-order valence-corrected chi connectivity index (χ2v) is 6.25. The van der Waals surface area contributed by atoms with E-state index in [1.54, 1.807) is 24.3 Å². The van der Waals surface area contributed by atoms with Crippen LogP contribution in [0.5, 0.6) is 0 Å². The van der Waals surface area contributed by atoms with Crippen LogP contribution in [0.3, 0.4) is 0 Å². The Kier molecular flexibility index (Phi) is 5.10. The fourth-order valence-electron chi connectivity index (χ4n) is 3.03. The summed E-state index contributed by atoms with van der Waals surface area (Å²) in [5.41, 5.74) is 1.77. The van der Waals surface area contributed by atoms with Crippen LogP contribution in [0, 0.1) is 18.3 Å². The van der Waals surface area contributed by atoms with Gasteiger partial charge in [-0.2, -0.15) is 5.26 Å². The highest BCUT2D eigenvalue weighted by Gasteiger charge is 2.32. The first-order chi connectivity index (χ1) is 12.0. The van der Waals surface area contributed by atoms with Crippen molar-refractivity contribution >= 4 is 5.91 Å². The lowest BCUT2D eigenvalue weighted by Crippen LogP contribution is -2.39. The molecule has 0 unspecified atom stereocenters. The Morgan fingerprint density at radius 2 is 2.24 bits per heavy atom. The first kappa shape index (κ1) is 17.1. The molecule has 0 saturated carbocycles. The van der Waals surface area contributed by atoms with Crippen molar-refractivity contribution in [2.45, 2.75) is 32.1 Å². The molecule has 2 aromatic rings. The van der Waals surface area contributed by atoms with E-state index < -0.39 is 6.17 Å². The van der Waals surface area contributed by atoms with Gasteiger partial charge in [-0.3, -0.25) is 9.69 Å². The number of alkyl halides is 1. The zero-order valence-corrected chi connectivity index (χ0v) is 13.9. The predicted molar refractivity (Wildman–Crippen MR) is 88.4 cm³/mol. The van der Waals surface area contributed by atoms with Crippen LogP contribution in [0.1, 0.15) is 33.8 Å². The van der Waals surface area contributed by atoms with E-state index in [0.29, 0.717) is 42.9 Å². The maximum absolute atomic E-state index is 13.8. The molecule has 6 nitrogen and oxygen atoms in total. The SMILES string of the molecule is Cc1cc(CN2C[C@@H](F)C[C@H]2CNC(=O)c2ccc(C#N)cc2)on1. The minimum atomic E-state index is -0.916. The summed E-state index contributed by atoms with van der Waals surface area (Å²) in [6.07, 6.45) is -0.540. The van der Waals surface area contributed by atoms with Crippen LogP contribution in [-0.2, 0) is 6.54 Å². The van der Waals surface area contributed by atoms with E-state index in [9.17, 15) is 9.18 Å². The number of amides is 1. The van der Waals surface area contributed by atoms with E-state index in [1.165, 1.54) is 0 Å². The number of benzene rings is 1.